The highest BCUT2D eigenvalue weighted by molar-refractivity contribution is 5.89. The van der Waals surface area contributed by atoms with Gasteiger partial charge in [-0.15, -0.1) is 0 Å². The van der Waals surface area contributed by atoms with Crippen LogP contribution in [0.25, 0.3) is 0 Å². The number of anilines is 1. The van der Waals surface area contributed by atoms with Gasteiger partial charge in [0.1, 0.15) is 0 Å². The van der Waals surface area contributed by atoms with E-state index in [0.717, 1.165) is 31.2 Å². The molecule has 2 amide bonds. The average molecular weight is 261 g/mol. The van der Waals surface area contributed by atoms with Crippen molar-refractivity contribution in [2.75, 3.05) is 31.5 Å². The monoisotopic (exact) mass is 261 g/mol. The molecule has 104 valence electrons. The van der Waals surface area contributed by atoms with E-state index in [1.807, 2.05) is 30.3 Å². The van der Waals surface area contributed by atoms with Crippen LogP contribution in [0.1, 0.15) is 19.8 Å². The van der Waals surface area contributed by atoms with Crippen LogP contribution in [0.15, 0.2) is 30.3 Å². The minimum absolute atomic E-state index is 0.128. The number of hydrogen-bond acceptors (Lipinski definition) is 2. The predicted octanol–water partition coefficient (Wildman–Crippen LogP) is 2.54. The van der Waals surface area contributed by atoms with Crippen LogP contribution in [0.3, 0.4) is 0 Å². The molecule has 1 aliphatic heterocycles. The minimum Gasteiger partial charge on any atom is -0.337 e. The summed E-state index contributed by atoms with van der Waals surface area (Å²) in [7, 11) is 0. The highest BCUT2D eigenvalue weighted by atomic mass is 16.2. The Bertz CT molecular complexity index is 394. The lowest BCUT2D eigenvalue weighted by atomic mass is 10.0. The number of urea groups is 1. The molecule has 0 bridgehead atoms. The number of likely N-dealkylation sites (tertiary alicyclic amines) is 1. The number of benzene rings is 1. The Kier molecular flexibility index (Phi) is 5.21. The van der Waals surface area contributed by atoms with Gasteiger partial charge in [-0.2, -0.15) is 0 Å². The summed E-state index contributed by atoms with van der Waals surface area (Å²) in [5.41, 5.74) is 0.826. The van der Waals surface area contributed by atoms with E-state index in [4.69, 9.17) is 0 Å². The first-order valence-corrected chi connectivity index (χ1v) is 7.06. The number of amides is 2. The zero-order chi connectivity index (χ0) is 13.5. The van der Waals surface area contributed by atoms with Crippen molar-refractivity contribution in [1.82, 2.24) is 10.2 Å². The molecule has 19 heavy (non-hydrogen) atoms. The summed E-state index contributed by atoms with van der Waals surface area (Å²) in [6.45, 7) is 6.24. The first-order valence-electron chi connectivity index (χ1n) is 7.06. The number of carbonyl (C=O) groups is 1. The largest absolute Gasteiger partial charge is 0.337 e. The molecule has 1 fully saturated rings. The molecule has 1 saturated heterocycles. The second-order valence-electron chi connectivity index (χ2n) is 5.29. The van der Waals surface area contributed by atoms with E-state index >= 15 is 0 Å². The number of hydrogen-bond donors (Lipinski definition) is 2. The third-order valence-electron chi connectivity index (χ3n) is 3.49. The lowest BCUT2D eigenvalue weighted by Gasteiger charge is -2.30. The molecular formula is C15H23N3O. The van der Waals surface area contributed by atoms with Crippen molar-refractivity contribution in [2.24, 2.45) is 5.92 Å². The van der Waals surface area contributed by atoms with Crippen molar-refractivity contribution in [2.45, 2.75) is 19.8 Å². The Balaban J connectivity index is 1.64. The van der Waals surface area contributed by atoms with Crippen molar-refractivity contribution >= 4 is 11.7 Å². The Labute approximate surface area is 115 Å². The van der Waals surface area contributed by atoms with Crippen molar-refractivity contribution in [1.29, 1.82) is 0 Å². The summed E-state index contributed by atoms with van der Waals surface area (Å²) in [5.74, 6) is 0.784. The van der Waals surface area contributed by atoms with Gasteiger partial charge in [0.2, 0.25) is 0 Å². The molecule has 1 aromatic rings. The number of carbonyl (C=O) groups excluding carboxylic acids is 1. The van der Waals surface area contributed by atoms with E-state index in [2.05, 4.69) is 22.5 Å². The fourth-order valence-electron chi connectivity index (χ4n) is 2.51. The number of nitrogens with one attached hydrogen (secondary N) is 2. The summed E-state index contributed by atoms with van der Waals surface area (Å²) in [6.07, 6.45) is 2.61. The average Bonchev–Trinajstić information content (AvgIpc) is 2.40. The zero-order valence-corrected chi connectivity index (χ0v) is 11.6. The molecular weight excluding hydrogens is 238 g/mol. The van der Waals surface area contributed by atoms with Crippen molar-refractivity contribution in [3.8, 4) is 0 Å². The predicted molar refractivity (Wildman–Crippen MR) is 78.3 cm³/mol. The Morgan fingerprint density at radius 3 is 2.89 bits per heavy atom. The molecule has 1 aliphatic rings. The number of piperidine rings is 1. The lowest BCUT2D eigenvalue weighted by molar-refractivity contribution is 0.184. The molecule has 1 unspecified atom stereocenters. The van der Waals surface area contributed by atoms with E-state index in [0.29, 0.717) is 6.54 Å². The van der Waals surface area contributed by atoms with E-state index in [9.17, 15) is 4.79 Å². The van der Waals surface area contributed by atoms with E-state index < -0.39 is 0 Å². The summed E-state index contributed by atoms with van der Waals surface area (Å²) < 4.78 is 0. The zero-order valence-electron chi connectivity index (χ0n) is 11.6. The molecule has 2 rings (SSSR count). The van der Waals surface area contributed by atoms with Gasteiger partial charge in [0.15, 0.2) is 0 Å². The topological polar surface area (TPSA) is 44.4 Å². The summed E-state index contributed by atoms with van der Waals surface area (Å²) >= 11 is 0. The van der Waals surface area contributed by atoms with Gasteiger partial charge in [0.05, 0.1) is 0 Å². The van der Waals surface area contributed by atoms with Gasteiger partial charge >= 0.3 is 6.03 Å². The van der Waals surface area contributed by atoms with Crippen LogP contribution in [0.2, 0.25) is 0 Å². The first kappa shape index (κ1) is 13.9. The minimum atomic E-state index is -0.128. The van der Waals surface area contributed by atoms with Crippen LogP contribution >= 0.6 is 0 Å². The Hall–Kier alpha value is -1.55. The molecule has 0 spiro atoms. The Morgan fingerprint density at radius 1 is 1.37 bits per heavy atom. The third-order valence-corrected chi connectivity index (χ3v) is 3.49. The van der Waals surface area contributed by atoms with Crippen molar-refractivity contribution in [3.63, 3.8) is 0 Å². The maximum Gasteiger partial charge on any atom is 0.319 e. The van der Waals surface area contributed by atoms with Gasteiger partial charge in [-0.25, -0.2) is 4.79 Å². The van der Waals surface area contributed by atoms with Gasteiger partial charge in [0.25, 0.3) is 0 Å². The van der Waals surface area contributed by atoms with Crippen molar-refractivity contribution < 1.29 is 4.79 Å². The summed E-state index contributed by atoms with van der Waals surface area (Å²) in [6, 6.07) is 9.38. The number of para-hydroxylation sites is 1. The van der Waals surface area contributed by atoms with E-state index in [1.165, 1.54) is 12.8 Å². The Morgan fingerprint density at radius 2 is 2.16 bits per heavy atom. The maximum atomic E-state index is 11.7. The normalized spacial score (nSPS) is 19.9. The molecule has 2 N–H and O–H groups in total. The molecule has 1 heterocycles. The third kappa shape index (κ3) is 4.91. The molecule has 4 nitrogen and oxygen atoms in total. The number of rotatable bonds is 4. The highest BCUT2D eigenvalue weighted by Gasteiger charge is 2.15. The van der Waals surface area contributed by atoms with Crippen molar-refractivity contribution in [3.05, 3.63) is 30.3 Å². The highest BCUT2D eigenvalue weighted by Crippen LogP contribution is 2.14. The van der Waals surface area contributed by atoms with Crippen LogP contribution < -0.4 is 10.6 Å². The van der Waals surface area contributed by atoms with Crippen LogP contribution in [0, 0.1) is 5.92 Å². The number of nitrogens with zero attached hydrogens (tertiary/aromatic N) is 1. The molecule has 0 aliphatic carbocycles. The maximum absolute atomic E-state index is 11.7. The molecule has 0 radical (unpaired) electrons. The first-order chi connectivity index (χ1) is 9.24. The van der Waals surface area contributed by atoms with Gasteiger partial charge in [-0.05, 0) is 37.4 Å². The van der Waals surface area contributed by atoms with Gasteiger partial charge in [0, 0.05) is 25.3 Å². The molecule has 1 aromatic carbocycles. The fraction of sp³-hybridized carbons (Fsp3) is 0.533. The van der Waals surface area contributed by atoms with Gasteiger partial charge in [-0.1, -0.05) is 25.1 Å². The van der Waals surface area contributed by atoms with E-state index in [1.54, 1.807) is 0 Å². The van der Waals surface area contributed by atoms with Crippen LogP contribution in [-0.4, -0.2) is 37.1 Å². The summed E-state index contributed by atoms with van der Waals surface area (Å²) in [4.78, 5) is 14.1. The van der Waals surface area contributed by atoms with E-state index in [-0.39, 0.29) is 6.03 Å². The van der Waals surface area contributed by atoms with Gasteiger partial charge < -0.3 is 15.5 Å². The lowest BCUT2D eigenvalue weighted by Crippen LogP contribution is -2.41. The molecule has 0 aromatic heterocycles. The summed E-state index contributed by atoms with van der Waals surface area (Å²) in [5, 5.41) is 5.72. The van der Waals surface area contributed by atoms with Crippen LogP contribution in [-0.2, 0) is 0 Å². The SMILES string of the molecule is CC1CCCN(CCNC(=O)Nc2ccccc2)C1. The van der Waals surface area contributed by atoms with Crippen LogP contribution in [0.5, 0.6) is 0 Å². The quantitative estimate of drug-likeness (QED) is 0.875. The standard InChI is InChI=1S/C15H23N3O/c1-13-6-5-10-18(12-13)11-9-16-15(19)17-14-7-3-2-4-8-14/h2-4,7-8,13H,5-6,9-12H2,1H3,(H2,16,17,19). The fourth-order valence-corrected chi connectivity index (χ4v) is 2.51. The molecule has 1 atom stereocenters. The van der Waals surface area contributed by atoms with Gasteiger partial charge in [-0.3, -0.25) is 0 Å². The second kappa shape index (κ2) is 7.14. The smallest absolute Gasteiger partial charge is 0.319 e. The molecule has 0 saturated carbocycles. The second-order valence-corrected chi connectivity index (χ2v) is 5.29. The van der Waals surface area contributed by atoms with Crippen LogP contribution in [0.4, 0.5) is 10.5 Å². The molecule has 4 heteroatoms.